The van der Waals surface area contributed by atoms with Crippen molar-refractivity contribution in [2.75, 3.05) is 26.7 Å². The summed E-state index contributed by atoms with van der Waals surface area (Å²) in [5.41, 5.74) is -0.320. The molecule has 5 aliphatic rings. The largest absolute Gasteiger partial charge is 0.497 e. The van der Waals surface area contributed by atoms with Gasteiger partial charge in [0, 0.05) is 56.0 Å². The Morgan fingerprint density at radius 3 is 2.40 bits per heavy atom. The van der Waals surface area contributed by atoms with Gasteiger partial charge in [-0.15, -0.1) is 6.58 Å². The molecule has 1 aromatic rings. The van der Waals surface area contributed by atoms with Gasteiger partial charge in [-0.1, -0.05) is 69.8 Å². The number of methoxy groups -OCH3 is 1. The number of aliphatic imine (C=N–C) groups is 1. The molecule has 1 unspecified atom stereocenters. The second-order valence-electron chi connectivity index (χ2n) is 17.1. The number of piperidine rings is 1. The lowest BCUT2D eigenvalue weighted by Gasteiger charge is -2.36. The number of allylic oxidation sites excluding steroid dienone is 4. The van der Waals surface area contributed by atoms with Crippen molar-refractivity contribution in [2.45, 2.75) is 101 Å². The molecule has 6 rings (SSSR count). The van der Waals surface area contributed by atoms with Crippen LogP contribution in [0.1, 0.15) is 84.1 Å². The van der Waals surface area contributed by atoms with Crippen molar-refractivity contribution >= 4 is 39.4 Å². The molecule has 0 bridgehead atoms. The molecule has 0 spiro atoms. The molecule has 3 aliphatic heterocycles. The predicted octanol–water partition coefficient (Wildman–Crippen LogP) is 5.08. The second-order valence-corrected chi connectivity index (χ2v) is 19.0. The first-order valence-electron chi connectivity index (χ1n) is 20.3. The number of nitrogens with zero attached hydrogens (tertiary/aromatic N) is 3. The highest BCUT2D eigenvalue weighted by atomic mass is 32.2. The average Bonchev–Trinajstić information content (AvgIpc) is 4.12. The molecule has 2 saturated carbocycles. The van der Waals surface area contributed by atoms with E-state index in [2.05, 4.69) is 23.2 Å². The number of rotatable bonds is 13. The van der Waals surface area contributed by atoms with E-state index < -0.39 is 62.0 Å². The zero-order valence-corrected chi connectivity index (χ0v) is 34.9. The fourth-order valence-electron chi connectivity index (χ4n) is 7.92. The van der Waals surface area contributed by atoms with E-state index in [0.717, 1.165) is 24.8 Å². The van der Waals surface area contributed by atoms with Crippen LogP contribution in [0, 0.1) is 17.3 Å². The van der Waals surface area contributed by atoms with Crippen LogP contribution in [0.4, 0.5) is 0 Å². The predicted molar refractivity (Wildman–Crippen MR) is 221 cm³/mol. The zero-order valence-electron chi connectivity index (χ0n) is 34.1. The Bertz CT molecular complexity index is 2020. The van der Waals surface area contributed by atoms with E-state index in [1.165, 1.54) is 11.0 Å². The third kappa shape index (κ3) is 9.99. The third-order valence-corrected chi connectivity index (χ3v) is 13.4. The molecule has 58 heavy (non-hydrogen) atoms. The van der Waals surface area contributed by atoms with Crippen molar-refractivity contribution in [3.63, 3.8) is 0 Å². The normalized spacial score (nSPS) is 28.9. The molecule has 13 nitrogen and oxygen atoms in total. The van der Waals surface area contributed by atoms with Gasteiger partial charge in [0.2, 0.25) is 27.7 Å². The van der Waals surface area contributed by atoms with Gasteiger partial charge in [0.25, 0.3) is 5.91 Å². The molecule has 1 aromatic carbocycles. The molecule has 5 atom stereocenters. The summed E-state index contributed by atoms with van der Waals surface area (Å²) in [4.78, 5) is 64.8. The fraction of sp³-hybridized carbons (Fsp3) is 0.523. The van der Waals surface area contributed by atoms with Crippen molar-refractivity contribution in [2.24, 2.45) is 22.2 Å². The lowest BCUT2D eigenvalue weighted by Crippen LogP contribution is -2.57. The lowest BCUT2D eigenvalue weighted by molar-refractivity contribution is -0.148. The maximum Gasteiger partial charge on any atom is 0.259 e. The molecule has 2 N–H and O–H groups in total. The highest BCUT2D eigenvalue weighted by molar-refractivity contribution is 7.91. The number of carbonyl (C=O) groups excluding carboxylic acids is 4. The van der Waals surface area contributed by atoms with Gasteiger partial charge in [-0.05, 0) is 50.0 Å². The van der Waals surface area contributed by atoms with Crippen LogP contribution in [-0.4, -0.2) is 97.2 Å². The van der Waals surface area contributed by atoms with Gasteiger partial charge in [-0.3, -0.25) is 23.9 Å². The highest BCUT2D eigenvalue weighted by Crippen LogP contribution is 2.46. The van der Waals surface area contributed by atoms with E-state index in [1.54, 1.807) is 19.3 Å². The number of benzene rings is 1. The van der Waals surface area contributed by atoms with Crippen molar-refractivity contribution in [1.29, 1.82) is 0 Å². The number of likely N-dealkylation sites (tertiary alicyclic amines) is 2. The topological polar surface area (TPSA) is 164 Å². The van der Waals surface area contributed by atoms with Crippen LogP contribution in [0.15, 0.2) is 96.1 Å². The molecule has 4 amide bonds. The molecule has 3 heterocycles. The first kappa shape index (κ1) is 42.6. The number of hydrogen-bond acceptors (Lipinski definition) is 9. The minimum atomic E-state index is -3.90. The van der Waals surface area contributed by atoms with Crippen LogP contribution in [-0.2, 0) is 38.7 Å². The Morgan fingerprint density at radius 2 is 1.78 bits per heavy atom. The quantitative estimate of drug-likeness (QED) is 0.261. The summed E-state index contributed by atoms with van der Waals surface area (Å²) in [5, 5.41) is 2.23. The van der Waals surface area contributed by atoms with Gasteiger partial charge in [0.05, 0.1) is 36.2 Å². The molecular formula is C44H57N5O8S. The Balaban J connectivity index is 1.31. The number of amides is 4. The van der Waals surface area contributed by atoms with Crippen LogP contribution < -0.4 is 10.0 Å². The molecule has 2 aliphatic carbocycles. The Kier molecular flexibility index (Phi) is 12.8. The van der Waals surface area contributed by atoms with E-state index in [9.17, 15) is 27.6 Å². The maximum absolute atomic E-state index is 14.9. The van der Waals surface area contributed by atoms with Crippen LogP contribution >= 0.6 is 0 Å². The fourth-order valence-corrected chi connectivity index (χ4v) is 9.28. The zero-order chi connectivity index (χ0) is 41.8. The van der Waals surface area contributed by atoms with Crippen molar-refractivity contribution < 1.29 is 37.1 Å². The summed E-state index contributed by atoms with van der Waals surface area (Å²) in [6.07, 6.45) is 12.4. The van der Waals surface area contributed by atoms with Crippen LogP contribution in [0.25, 0.3) is 0 Å². The summed E-state index contributed by atoms with van der Waals surface area (Å²) >= 11 is 0. The smallest absolute Gasteiger partial charge is 0.259 e. The first-order valence-corrected chi connectivity index (χ1v) is 21.8. The molecule has 14 heteroatoms. The highest BCUT2D eigenvalue weighted by Gasteiger charge is 2.62. The molecule has 0 radical (unpaired) electrons. The molecule has 2 saturated heterocycles. The number of hydrogen-bond donors (Lipinski definition) is 2. The first-order chi connectivity index (χ1) is 27.5. The molecule has 312 valence electrons. The summed E-state index contributed by atoms with van der Waals surface area (Å²) in [5.74, 6) is -2.12. The van der Waals surface area contributed by atoms with Crippen LogP contribution in [0.5, 0.6) is 0 Å². The van der Waals surface area contributed by atoms with Crippen molar-refractivity contribution in [1.82, 2.24) is 19.8 Å². The number of nitrogens with one attached hydrogen (secondary N) is 2. The summed E-state index contributed by atoms with van der Waals surface area (Å²) in [6, 6.07) is 8.47. The minimum Gasteiger partial charge on any atom is -0.497 e. The van der Waals surface area contributed by atoms with Gasteiger partial charge < -0.3 is 24.6 Å². The van der Waals surface area contributed by atoms with Crippen LogP contribution in [0.2, 0.25) is 0 Å². The number of sulfonamides is 1. The monoisotopic (exact) mass is 815 g/mol. The van der Waals surface area contributed by atoms with Gasteiger partial charge >= 0.3 is 0 Å². The lowest BCUT2D eigenvalue weighted by atomic mass is 9.77. The standard InChI is InChI=1S/C44H57N5O8S/c1-7-31-27-44(31,42(53)47-58(54,55)35-19-20-35)46-40(51)38-25-34(28-49(38)41(52)36(43(3,4)5)26-39(50)48-21-12-9-13-22-48)57-33-18-14-17-32(56-6)23-29(2)45-37(24-33)30-15-10-8-11-16-30/h7-8,10-11,14-17,23-24,31,34-36,38H,1-2,9,12-13,18-22,25-28H2,3-6H3,(H,46,51)(H,47,53)/b17-14-,32-23+,33-24+,45-37+/t31?,34-,36-,38+,44-/m1/s1. The Hall–Kier alpha value is -4.98. The van der Waals surface area contributed by atoms with Gasteiger partial charge in [-0.25, -0.2) is 13.4 Å². The third-order valence-electron chi connectivity index (χ3n) is 11.6. The Labute approximate surface area is 342 Å². The van der Waals surface area contributed by atoms with E-state index in [1.807, 2.05) is 68.2 Å². The van der Waals surface area contributed by atoms with Crippen LogP contribution in [0.3, 0.4) is 0 Å². The maximum atomic E-state index is 14.9. The SMILES string of the molecule is C=CC1C[C@]1(NC(=O)[C@@H]1C[C@@H](O/C2=C/C(c3ccccc3)=N\C(=C)/C=C(OC)\C=C/C2)CN1C(=O)[C@@H](CC(=O)N1CCCCC1)C(C)(C)C)C(=O)NS(=O)(=O)C1CC1. The van der Waals surface area contributed by atoms with Crippen molar-refractivity contribution in [3.05, 3.63) is 96.6 Å². The van der Waals surface area contributed by atoms with Gasteiger partial charge in [0.15, 0.2) is 0 Å². The summed E-state index contributed by atoms with van der Waals surface area (Å²) < 4.78 is 40.0. The summed E-state index contributed by atoms with van der Waals surface area (Å²) in [7, 11) is -2.34. The second kappa shape index (κ2) is 17.5. The van der Waals surface area contributed by atoms with Crippen molar-refractivity contribution in [3.8, 4) is 0 Å². The number of carbonyl (C=O) groups is 4. The minimum absolute atomic E-state index is 0.0192. The molecule has 4 fully saturated rings. The molecular weight excluding hydrogens is 759 g/mol. The summed E-state index contributed by atoms with van der Waals surface area (Å²) in [6.45, 7) is 15.0. The van der Waals surface area contributed by atoms with E-state index in [4.69, 9.17) is 14.5 Å². The molecule has 0 aromatic heterocycles. The van der Waals surface area contributed by atoms with Gasteiger partial charge in [-0.2, -0.15) is 0 Å². The van der Waals surface area contributed by atoms with E-state index in [0.29, 0.717) is 55.3 Å². The van der Waals surface area contributed by atoms with E-state index >= 15 is 0 Å². The Morgan fingerprint density at radius 1 is 1.07 bits per heavy atom. The number of ether oxygens (including phenoxy) is 2. The average molecular weight is 816 g/mol. The van der Waals surface area contributed by atoms with E-state index in [-0.39, 0.29) is 37.6 Å². The van der Waals surface area contributed by atoms with Gasteiger partial charge in [0.1, 0.15) is 29.2 Å².